The fourth-order valence-electron chi connectivity index (χ4n) is 2.05. The van der Waals surface area contributed by atoms with Crippen LogP contribution in [0.3, 0.4) is 0 Å². The summed E-state index contributed by atoms with van der Waals surface area (Å²) >= 11 is 0. The Bertz CT molecular complexity index is 609. The second-order valence-electron chi connectivity index (χ2n) is 4.73. The zero-order chi connectivity index (χ0) is 15.6. The standard InChI is InChI=1S/C14H16N2O5/c1-4-20-14(17)11-8-9-7-10(16(18)19)5-6-12(9)21-13(11)15(2)3/h5-8,13H,4H2,1-3H3. The van der Waals surface area contributed by atoms with Gasteiger partial charge in [0.15, 0.2) is 6.23 Å². The van der Waals surface area contributed by atoms with E-state index in [1.165, 1.54) is 18.2 Å². The largest absolute Gasteiger partial charge is 0.470 e. The molecule has 0 aliphatic carbocycles. The van der Waals surface area contributed by atoms with Crippen molar-refractivity contribution in [2.24, 2.45) is 0 Å². The highest BCUT2D eigenvalue weighted by atomic mass is 16.6. The van der Waals surface area contributed by atoms with Gasteiger partial charge in [0.1, 0.15) is 5.75 Å². The molecule has 21 heavy (non-hydrogen) atoms. The van der Waals surface area contributed by atoms with Crippen LogP contribution in [0, 0.1) is 10.1 Å². The molecule has 1 unspecified atom stereocenters. The van der Waals surface area contributed by atoms with Crippen molar-refractivity contribution in [3.05, 3.63) is 39.4 Å². The molecule has 1 aliphatic heterocycles. The van der Waals surface area contributed by atoms with Crippen LogP contribution in [0.4, 0.5) is 5.69 Å². The van der Waals surface area contributed by atoms with Crippen molar-refractivity contribution in [1.82, 2.24) is 4.90 Å². The minimum Gasteiger partial charge on any atom is -0.470 e. The van der Waals surface area contributed by atoms with Crippen LogP contribution in [0.15, 0.2) is 23.8 Å². The van der Waals surface area contributed by atoms with E-state index in [0.717, 1.165) is 0 Å². The SMILES string of the molecule is CCOC(=O)C1=Cc2cc([N+](=O)[O-])ccc2OC1N(C)C. The van der Waals surface area contributed by atoms with Gasteiger partial charge in [-0.2, -0.15) is 0 Å². The number of carbonyl (C=O) groups excluding carboxylic acids is 1. The molecule has 0 bridgehead atoms. The summed E-state index contributed by atoms with van der Waals surface area (Å²) in [6, 6.07) is 4.28. The van der Waals surface area contributed by atoms with Gasteiger partial charge in [0.2, 0.25) is 0 Å². The lowest BCUT2D eigenvalue weighted by Crippen LogP contribution is -2.40. The molecule has 0 fully saturated rings. The number of ether oxygens (including phenoxy) is 2. The Hall–Kier alpha value is -2.41. The van der Waals surface area contributed by atoms with E-state index in [1.807, 2.05) is 0 Å². The average Bonchev–Trinajstić information content (AvgIpc) is 2.45. The Kier molecular flexibility index (Phi) is 4.23. The van der Waals surface area contributed by atoms with E-state index in [1.54, 1.807) is 32.0 Å². The first-order valence-corrected chi connectivity index (χ1v) is 6.44. The van der Waals surface area contributed by atoms with Gasteiger partial charge in [-0.15, -0.1) is 0 Å². The van der Waals surface area contributed by atoms with E-state index in [9.17, 15) is 14.9 Å². The zero-order valence-corrected chi connectivity index (χ0v) is 12.0. The average molecular weight is 292 g/mol. The number of hydrogen-bond donors (Lipinski definition) is 0. The van der Waals surface area contributed by atoms with Gasteiger partial charge in [-0.1, -0.05) is 0 Å². The summed E-state index contributed by atoms with van der Waals surface area (Å²) in [7, 11) is 3.54. The van der Waals surface area contributed by atoms with E-state index < -0.39 is 17.1 Å². The van der Waals surface area contributed by atoms with Crippen molar-refractivity contribution >= 4 is 17.7 Å². The molecule has 0 radical (unpaired) electrons. The van der Waals surface area contributed by atoms with Crippen LogP contribution in [0.2, 0.25) is 0 Å². The highest BCUT2D eigenvalue weighted by Gasteiger charge is 2.31. The summed E-state index contributed by atoms with van der Waals surface area (Å²) in [6.45, 7) is 1.96. The molecule has 0 spiro atoms. The molecule has 1 atom stereocenters. The first-order valence-electron chi connectivity index (χ1n) is 6.44. The number of fused-ring (bicyclic) bond motifs is 1. The van der Waals surface area contributed by atoms with Crippen LogP contribution < -0.4 is 4.74 Å². The van der Waals surface area contributed by atoms with Crippen molar-refractivity contribution in [2.75, 3.05) is 20.7 Å². The molecule has 1 aromatic carbocycles. The molecule has 1 aromatic rings. The molecule has 7 nitrogen and oxygen atoms in total. The zero-order valence-electron chi connectivity index (χ0n) is 12.0. The van der Waals surface area contributed by atoms with Crippen LogP contribution in [0.5, 0.6) is 5.75 Å². The van der Waals surface area contributed by atoms with E-state index in [2.05, 4.69) is 0 Å². The minimum atomic E-state index is -0.585. The van der Waals surface area contributed by atoms with Gasteiger partial charge in [-0.25, -0.2) is 4.79 Å². The topological polar surface area (TPSA) is 81.9 Å². The number of nitro benzene ring substituents is 1. The smallest absolute Gasteiger partial charge is 0.339 e. The normalized spacial score (nSPS) is 16.8. The maximum atomic E-state index is 12.0. The van der Waals surface area contributed by atoms with E-state index in [-0.39, 0.29) is 12.3 Å². The van der Waals surface area contributed by atoms with Gasteiger partial charge in [0.05, 0.1) is 17.1 Å². The summed E-state index contributed by atoms with van der Waals surface area (Å²) in [6.07, 6.45) is 0.993. The Balaban J connectivity index is 2.46. The van der Waals surface area contributed by atoms with E-state index >= 15 is 0 Å². The summed E-state index contributed by atoms with van der Waals surface area (Å²) in [4.78, 5) is 24.1. The van der Waals surface area contributed by atoms with Crippen LogP contribution in [0.25, 0.3) is 6.08 Å². The number of benzene rings is 1. The molecule has 1 aliphatic rings. The first-order chi connectivity index (χ1) is 9.93. The first kappa shape index (κ1) is 15.0. The molecular weight excluding hydrogens is 276 g/mol. The monoisotopic (exact) mass is 292 g/mol. The highest BCUT2D eigenvalue weighted by molar-refractivity contribution is 5.96. The fourth-order valence-corrected chi connectivity index (χ4v) is 2.05. The van der Waals surface area contributed by atoms with E-state index in [4.69, 9.17) is 9.47 Å². The second kappa shape index (κ2) is 5.92. The number of rotatable bonds is 4. The van der Waals surface area contributed by atoms with Crippen LogP contribution in [-0.2, 0) is 9.53 Å². The van der Waals surface area contributed by atoms with Crippen molar-refractivity contribution in [3.63, 3.8) is 0 Å². The summed E-state index contributed by atoms with van der Waals surface area (Å²) in [5, 5.41) is 10.8. The van der Waals surface area contributed by atoms with Crippen LogP contribution in [0.1, 0.15) is 12.5 Å². The Labute approximate surface area is 121 Å². The Morgan fingerprint density at radius 1 is 1.48 bits per heavy atom. The van der Waals surface area contributed by atoms with Crippen molar-refractivity contribution in [1.29, 1.82) is 0 Å². The van der Waals surface area contributed by atoms with Gasteiger partial charge in [-0.05, 0) is 33.2 Å². The summed E-state index contributed by atoms with van der Waals surface area (Å²) < 4.78 is 10.7. The highest BCUT2D eigenvalue weighted by Crippen LogP contribution is 2.33. The molecule has 0 aromatic heterocycles. The number of nitrogens with zero attached hydrogens (tertiary/aromatic N) is 2. The van der Waals surface area contributed by atoms with Gasteiger partial charge in [0.25, 0.3) is 5.69 Å². The lowest BCUT2D eigenvalue weighted by molar-refractivity contribution is -0.384. The second-order valence-corrected chi connectivity index (χ2v) is 4.73. The van der Waals surface area contributed by atoms with Gasteiger partial charge < -0.3 is 9.47 Å². The molecule has 0 amide bonds. The molecule has 2 rings (SSSR count). The molecule has 0 N–H and O–H groups in total. The van der Waals surface area contributed by atoms with Crippen LogP contribution >= 0.6 is 0 Å². The van der Waals surface area contributed by atoms with Gasteiger partial charge >= 0.3 is 5.97 Å². The third-order valence-electron chi connectivity index (χ3n) is 3.00. The molecule has 1 heterocycles. The molecule has 0 saturated heterocycles. The molecular formula is C14H16N2O5. The number of nitro groups is 1. The number of hydrogen-bond acceptors (Lipinski definition) is 6. The van der Waals surface area contributed by atoms with E-state index in [0.29, 0.717) is 16.9 Å². The minimum absolute atomic E-state index is 0.0555. The number of non-ortho nitro benzene ring substituents is 1. The Morgan fingerprint density at radius 2 is 2.19 bits per heavy atom. The maximum Gasteiger partial charge on any atom is 0.339 e. The number of likely N-dealkylation sites (N-methyl/N-ethyl adjacent to an activating group) is 1. The lowest BCUT2D eigenvalue weighted by atomic mass is 10.0. The fraction of sp³-hybridized carbons (Fsp3) is 0.357. The van der Waals surface area contributed by atoms with Crippen molar-refractivity contribution < 1.29 is 19.2 Å². The molecule has 0 saturated carbocycles. The van der Waals surface area contributed by atoms with Crippen molar-refractivity contribution in [2.45, 2.75) is 13.2 Å². The van der Waals surface area contributed by atoms with Crippen LogP contribution in [-0.4, -0.2) is 42.7 Å². The third kappa shape index (κ3) is 3.03. The quantitative estimate of drug-likeness (QED) is 0.478. The summed E-state index contributed by atoms with van der Waals surface area (Å²) in [5.74, 6) is 0.000652. The molecule has 112 valence electrons. The van der Waals surface area contributed by atoms with Gasteiger partial charge in [-0.3, -0.25) is 15.0 Å². The Morgan fingerprint density at radius 3 is 2.76 bits per heavy atom. The summed E-state index contributed by atoms with van der Waals surface area (Å²) in [5.41, 5.74) is 0.750. The predicted octanol–water partition coefficient (Wildman–Crippen LogP) is 1.82. The van der Waals surface area contributed by atoms with Crippen molar-refractivity contribution in [3.8, 4) is 5.75 Å². The lowest BCUT2D eigenvalue weighted by Gasteiger charge is -2.30. The number of carbonyl (C=O) groups is 1. The maximum absolute atomic E-state index is 12.0. The third-order valence-corrected chi connectivity index (χ3v) is 3.00. The molecule has 7 heteroatoms. The number of esters is 1. The predicted molar refractivity (Wildman–Crippen MR) is 75.8 cm³/mol. The van der Waals surface area contributed by atoms with Gasteiger partial charge in [0, 0.05) is 17.7 Å².